The van der Waals surface area contributed by atoms with Gasteiger partial charge in [0.1, 0.15) is 12.2 Å². The molecule has 2 heterocycles. The third-order valence-electron chi connectivity index (χ3n) is 3.49. The molecule has 0 amide bonds. The molecule has 0 spiro atoms. The molecule has 0 aromatic carbocycles. The van der Waals surface area contributed by atoms with Crippen LogP contribution in [-0.4, -0.2) is 28.0 Å². The Morgan fingerprint density at radius 2 is 2.50 bits per heavy atom. The van der Waals surface area contributed by atoms with Gasteiger partial charge in [-0.2, -0.15) is 0 Å². The van der Waals surface area contributed by atoms with Gasteiger partial charge < -0.3 is 9.30 Å². The smallest absolute Gasteiger partial charge is 0.141 e. The minimum atomic E-state index is 0.223. The highest BCUT2D eigenvalue weighted by molar-refractivity contribution is 5.25. The molecule has 2 fully saturated rings. The van der Waals surface area contributed by atoms with E-state index >= 15 is 0 Å². The Bertz CT molecular complexity index is 360. The number of fused-ring (bicyclic) bond motifs is 1. The summed E-state index contributed by atoms with van der Waals surface area (Å²) in [6.07, 6.45) is 3.07. The second-order valence-electron chi connectivity index (χ2n) is 4.73. The minimum Gasteiger partial charge on any atom is -0.380 e. The molecule has 4 heteroatoms. The van der Waals surface area contributed by atoms with Crippen LogP contribution in [0.4, 0.5) is 0 Å². The van der Waals surface area contributed by atoms with E-state index in [1.165, 1.54) is 6.42 Å². The van der Waals surface area contributed by atoms with Crippen molar-refractivity contribution in [1.82, 2.24) is 14.8 Å². The summed E-state index contributed by atoms with van der Waals surface area (Å²) in [4.78, 5) is 0. The molecule has 2 aliphatic rings. The SMILES string of the molecule is CC(C)n1cnnc1C12COCC1C2. The Hall–Kier alpha value is -0.900. The van der Waals surface area contributed by atoms with E-state index in [9.17, 15) is 0 Å². The van der Waals surface area contributed by atoms with Crippen molar-refractivity contribution >= 4 is 0 Å². The number of rotatable bonds is 2. The summed E-state index contributed by atoms with van der Waals surface area (Å²) in [5, 5.41) is 8.28. The number of ether oxygens (including phenoxy) is 1. The Morgan fingerprint density at radius 3 is 3.07 bits per heavy atom. The first-order valence-electron chi connectivity index (χ1n) is 5.22. The van der Waals surface area contributed by atoms with Crippen molar-refractivity contribution in [1.29, 1.82) is 0 Å². The van der Waals surface area contributed by atoms with Gasteiger partial charge in [-0.05, 0) is 26.2 Å². The van der Waals surface area contributed by atoms with E-state index in [1.807, 2.05) is 6.33 Å². The molecule has 0 N–H and O–H groups in total. The lowest BCUT2D eigenvalue weighted by atomic mass is 10.1. The summed E-state index contributed by atoms with van der Waals surface area (Å²) < 4.78 is 7.66. The molecular weight excluding hydrogens is 178 g/mol. The first-order chi connectivity index (χ1) is 6.74. The van der Waals surface area contributed by atoms with Crippen molar-refractivity contribution in [2.24, 2.45) is 5.92 Å². The standard InChI is InChI=1S/C10H15N3O/c1-7(2)13-6-11-12-9(13)10-3-8(10)4-14-5-10/h6-8H,3-5H2,1-2H3. The molecule has 0 bridgehead atoms. The first-order valence-corrected chi connectivity index (χ1v) is 5.22. The fourth-order valence-corrected chi connectivity index (χ4v) is 2.47. The fourth-order valence-electron chi connectivity index (χ4n) is 2.47. The van der Waals surface area contributed by atoms with Crippen LogP contribution in [0.1, 0.15) is 32.1 Å². The van der Waals surface area contributed by atoms with E-state index in [4.69, 9.17) is 4.74 Å². The van der Waals surface area contributed by atoms with Gasteiger partial charge >= 0.3 is 0 Å². The summed E-state index contributed by atoms with van der Waals surface area (Å²) in [5.41, 5.74) is 0.223. The van der Waals surface area contributed by atoms with E-state index in [1.54, 1.807) is 0 Å². The van der Waals surface area contributed by atoms with Gasteiger partial charge in [-0.25, -0.2) is 0 Å². The number of aromatic nitrogens is 3. The van der Waals surface area contributed by atoms with Crippen LogP contribution in [0, 0.1) is 5.92 Å². The van der Waals surface area contributed by atoms with Crippen LogP contribution in [0.15, 0.2) is 6.33 Å². The monoisotopic (exact) mass is 193 g/mol. The van der Waals surface area contributed by atoms with Gasteiger partial charge in [0.05, 0.1) is 18.6 Å². The second kappa shape index (κ2) is 2.57. The van der Waals surface area contributed by atoms with Gasteiger partial charge in [-0.1, -0.05) is 0 Å². The maximum atomic E-state index is 5.49. The zero-order valence-corrected chi connectivity index (χ0v) is 8.60. The van der Waals surface area contributed by atoms with Gasteiger partial charge in [0.2, 0.25) is 0 Å². The third kappa shape index (κ3) is 0.919. The zero-order valence-electron chi connectivity index (χ0n) is 8.60. The van der Waals surface area contributed by atoms with E-state index in [-0.39, 0.29) is 5.41 Å². The van der Waals surface area contributed by atoms with Crippen LogP contribution >= 0.6 is 0 Å². The van der Waals surface area contributed by atoms with Gasteiger partial charge in [-0.3, -0.25) is 0 Å². The van der Waals surface area contributed by atoms with Gasteiger partial charge in [0, 0.05) is 6.04 Å². The number of hydrogen-bond donors (Lipinski definition) is 0. The molecule has 76 valence electrons. The quantitative estimate of drug-likeness (QED) is 0.707. The molecule has 4 nitrogen and oxygen atoms in total. The molecule has 3 rings (SSSR count). The average Bonchev–Trinajstić information content (AvgIpc) is 2.62. The summed E-state index contributed by atoms with van der Waals surface area (Å²) in [6.45, 7) is 6.07. The van der Waals surface area contributed by atoms with Crippen LogP contribution in [0.2, 0.25) is 0 Å². The molecular formula is C10H15N3O. The highest BCUT2D eigenvalue weighted by Crippen LogP contribution is 2.57. The maximum Gasteiger partial charge on any atom is 0.141 e. The van der Waals surface area contributed by atoms with Crippen molar-refractivity contribution in [3.8, 4) is 0 Å². The zero-order chi connectivity index (χ0) is 9.76. The normalized spacial score (nSPS) is 34.9. The minimum absolute atomic E-state index is 0.223. The highest BCUT2D eigenvalue weighted by Gasteiger charge is 2.62. The second-order valence-corrected chi connectivity index (χ2v) is 4.73. The Labute approximate surface area is 83.3 Å². The summed E-state index contributed by atoms with van der Waals surface area (Å²) in [5.74, 6) is 1.83. The molecule has 1 aliphatic heterocycles. The first kappa shape index (κ1) is 8.41. The van der Waals surface area contributed by atoms with Crippen molar-refractivity contribution in [2.75, 3.05) is 13.2 Å². The fraction of sp³-hybridized carbons (Fsp3) is 0.800. The maximum absolute atomic E-state index is 5.49. The summed E-state index contributed by atoms with van der Waals surface area (Å²) in [6, 6.07) is 0.441. The molecule has 1 aliphatic carbocycles. The van der Waals surface area contributed by atoms with Crippen LogP contribution in [0.3, 0.4) is 0 Å². The third-order valence-corrected chi connectivity index (χ3v) is 3.49. The van der Waals surface area contributed by atoms with Gasteiger partial charge in [-0.15, -0.1) is 10.2 Å². The topological polar surface area (TPSA) is 39.9 Å². The van der Waals surface area contributed by atoms with E-state index in [2.05, 4.69) is 28.6 Å². The van der Waals surface area contributed by atoms with Gasteiger partial charge in [0.15, 0.2) is 0 Å². The van der Waals surface area contributed by atoms with E-state index in [0.717, 1.165) is 19.0 Å². The van der Waals surface area contributed by atoms with Crippen molar-refractivity contribution < 1.29 is 4.74 Å². The molecule has 0 radical (unpaired) electrons. The lowest BCUT2D eigenvalue weighted by Crippen LogP contribution is -2.19. The predicted molar refractivity (Wildman–Crippen MR) is 51.0 cm³/mol. The lowest BCUT2D eigenvalue weighted by Gasteiger charge is -2.15. The van der Waals surface area contributed by atoms with Crippen LogP contribution in [0.25, 0.3) is 0 Å². The number of hydrogen-bond acceptors (Lipinski definition) is 3. The number of nitrogens with zero attached hydrogens (tertiary/aromatic N) is 3. The van der Waals surface area contributed by atoms with Crippen LogP contribution < -0.4 is 0 Å². The Morgan fingerprint density at radius 1 is 1.64 bits per heavy atom. The van der Waals surface area contributed by atoms with Crippen molar-refractivity contribution in [3.05, 3.63) is 12.2 Å². The van der Waals surface area contributed by atoms with Gasteiger partial charge in [0.25, 0.3) is 0 Å². The molecule has 1 aromatic rings. The van der Waals surface area contributed by atoms with Crippen molar-refractivity contribution in [3.63, 3.8) is 0 Å². The van der Waals surface area contributed by atoms with E-state index < -0.39 is 0 Å². The average molecular weight is 193 g/mol. The van der Waals surface area contributed by atoms with Crippen LogP contribution in [0.5, 0.6) is 0 Å². The molecule has 14 heavy (non-hydrogen) atoms. The largest absolute Gasteiger partial charge is 0.380 e. The highest BCUT2D eigenvalue weighted by atomic mass is 16.5. The lowest BCUT2D eigenvalue weighted by molar-refractivity contribution is 0.158. The molecule has 2 atom stereocenters. The molecule has 2 unspecified atom stereocenters. The Balaban J connectivity index is 2.00. The Kier molecular flexibility index (Phi) is 1.54. The summed E-state index contributed by atoms with van der Waals surface area (Å²) >= 11 is 0. The molecule has 1 aromatic heterocycles. The van der Waals surface area contributed by atoms with E-state index in [0.29, 0.717) is 12.0 Å². The summed E-state index contributed by atoms with van der Waals surface area (Å²) in [7, 11) is 0. The predicted octanol–water partition coefficient (Wildman–Crippen LogP) is 1.15. The molecule has 1 saturated carbocycles. The molecule has 1 saturated heterocycles. The van der Waals surface area contributed by atoms with Crippen molar-refractivity contribution in [2.45, 2.75) is 31.7 Å². The van der Waals surface area contributed by atoms with Crippen LogP contribution in [-0.2, 0) is 10.2 Å².